The molecule has 0 bridgehead atoms. The first-order valence-corrected chi connectivity index (χ1v) is 9.28. The van der Waals surface area contributed by atoms with E-state index in [0.29, 0.717) is 13.1 Å². The predicted octanol–water partition coefficient (Wildman–Crippen LogP) is 3.65. The number of carbonyl (C=O) groups excluding carboxylic acids is 2. The molecule has 1 heterocycles. The fourth-order valence-corrected chi connectivity index (χ4v) is 3.39. The first kappa shape index (κ1) is 20.5. The quantitative estimate of drug-likeness (QED) is 0.761. The van der Waals surface area contributed by atoms with Gasteiger partial charge in [0, 0.05) is 25.0 Å². The van der Waals surface area contributed by atoms with Crippen molar-refractivity contribution in [3.8, 4) is 0 Å². The summed E-state index contributed by atoms with van der Waals surface area (Å²) in [5, 5.41) is 2.73. The molecule has 1 aliphatic heterocycles. The standard InChI is InChI=1S/C19H26ClFN2O3/c1-18(2,22-16(24)12-20)14-19(21)8-10-23(11-9-19)17(25)26-13-15-6-4-3-5-7-15/h3-7H,8-14H2,1-2H3,(H,22,24). The van der Waals surface area contributed by atoms with Gasteiger partial charge in [-0.1, -0.05) is 30.3 Å². The van der Waals surface area contributed by atoms with Gasteiger partial charge >= 0.3 is 6.09 Å². The molecule has 0 saturated carbocycles. The van der Waals surface area contributed by atoms with Crippen LogP contribution in [0.5, 0.6) is 0 Å². The Labute approximate surface area is 158 Å². The molecule has 7 heteroatoms. The molecular formula is C19H26ClFN2O3. The number of carbonyl (C=O) groups is 2. The lowest BCUT2D eigenvalue weighted by molar-refractivity contribution is -0.120. The Morgan fingerprint density at radius 1 is 1.27 bits per heavy atom. The molecule has 1 N–H and O–H groups in total. The lowest BCUT2D eigenvalue weighted by atomic mass is 9.82. The van der Waals surface area contributed by atoms with Crippen molar-refractivity contribution in [3.05, 3.63) is 35.9 Å². The number of ether oxygens (including phenoxy) is 1. The number of rotatable bonds is 6. The van der Waals surface area contributed by atoms with Crippen molar-refractivity contribution in [1.29, 1.82) is 0 Å². The van der Waals surface area contributed by atoms with Gasteiger partial charge in [0.05, 0.1) is 0 Å². The monoisotopic (exact) mass is 384 g/mol. The minimum absolute atomic E-state index is 0.149. The van der Waals surface area contributed by atoms with Gasteiger partial charge in [0.2, 0.25) is 5.91 Å². The fraction of sp³-hybridized carbons (Fsp3) is 0.579. The van der Waals surface area contributed by atoms with Gasteiger partial charge in [-0.25, -0.2) is 9.18 Å². The molecule has 2 rings (SSSR count). The molecule has 0 aliphatic carbocycles. The van der Waals surface area contributed by atoms with E-state index in [2.05, 4.69) is 5.32 Å². The predicted molar refractivity (Wildman–Crippen MR) is 98.8 cm³/mol. The van der Waals surface area contributed by atoms with Crippen LogP contribution in [0, 0.1) is 0 Å². The van der Waals surface area contributed by atoms with Crippen molar-refractivity contribution in [3.63, 3.8) is 0 Å². The highest BCUT2D eigenvalue weighted by Gasteiger charge is 2.41. The highest BCUT2D eigenvalue weighted by atomic mass is 35.5. The molecule has 26 heavy (non-hydrogen) atoms. The highest BCUT2D eigenvalue weighted by Crippen LogP contribution is 2.34. The van der Waals surface area contributed by atoms with Crippen LogP contribution in [0.1, 0.15) is 38.7 Å². The number of halogens is 2. The zero-order valence-corrected chi connectivity index (χ0v) is 16.0. The molecule has 0 spiro atoms. The molecule has 0 radical (unpaired) electrons. The average Bonchev–Trinajstić information content (AvgIpc) is 2.59. The van der Waals surface area contributed by atoms with Crippen LogP contribution in [-0.4, -0.2) is 47.1 Å². The molecule has 1 aromatic rings. The number of hydrogen-bond donors (Lipinski definition) is 1. The van der Waals surface area contributed by atoms with E-state index in [1.807, 2.05) is 30.3 Å². The normalized spacial score (nSPS) is 16.8. The van der Waals surface area contributed by atoms with Gasteiger partial charge in [0.1, 0.15) is 18.2 Å². The van der Waals surface area contributed by atoms with E-state index in [4.69, 9.17) is 16.3 Å². The Kier molecular flexibility index (Phi) is 6.87. The van der Waals surface area contributed by atoms with Crippen molar-refractivity contribution in [2.45, 2.75) is 50.9 Å². The summed E-state index contributed by atoms with van der Waals surface area (Å²) in [7, 11) is 0. The molecule has 1 aromatic carbocycles. The molecule has 0 unspecified atom stereocenters. The van der Waals surface area contributed by atoms with Crippen LogP contribution in [0.4, 0.5) is 9.18 Å². The third-order valence-corrected chi connectivity index (χ3v) is 4.72. The third-order valence-electron chi connectivity index (χ3n) is 4.48. The summed E-state index contributed by atoms with van der Waals surface area (Å²) in [6.07, 6.45) is 0.183. The van der Waals surface area contributed by atoms with Crippen molar-refractivity contribution in [1.82, 2.24) is 10.2 Å². The Hall–Kier alpha value is -1.82. The lowest BCUT2D eigenvalue weighted by Crippen LogP contribution is -2.52. The highest BCUT2D eigenvalue weighted by molar-refractivity contribution is 6.27. The number of benzene rings is 1. The van der Waals surface area contributed by atoms with Gasteiger partial charge < -0.3 is 15.0 Å². The van der Waals surface area contributed by atoms with Crippen molar-refractivity contribution in [2.75, 3.05) is 19.0 Å². The van der Waals surface area contributed by atoms with E-state index in [1.54, 1.807) is 13.8 Å². The molecule has 5 nitrogen and oxygen atoms in total. The Balaban J connectivity index is 1.81. The molecule has 2 amide bonds. The summed E-state index contributed by atoms with van der Waals surface area (Å²) in [5.41, 5.74) is -1.22. The second-order valence-electron chi connectivity index (χ2n) is 7.42. The molecule has 0 atom stereocenters. The molecule has 1 saturated heterocycles. The van der Waals surface area contributed by atoms with Gasteiger partial charge in [-0.15, -0.1) is 11.6 Å². The van der Waals surface area contributed by atoms with E-state index in [9.17, 15) is 9.59 Å². The number of hydrogen-bond acceptors (Lipinski definition) is 3. The van der Waals surface area contributed by atoms with Crippen LogP contribution in [0.3, 0.4) is 0 Å². The van der Waals surface area contributed by atoms with Crippen LogP contribution in [0.15, 0.2) is 30.3 Å². The SMILES string of the molecule is CC(C)(CC1(F)CCN(C(=O)OCc2ccccc2)CC1)NC(=O)CCl. The van der Waals surface area contributed by atoms with E-state index < -0.39 is 17.3 Å². The summed E-state index contributed by atoms with van der Waals surface area (Å²) in [6.45, 7) is 4.35. The maximum atomic E-state index is 15.1. The zero-order valence-electron chi connectivity index (χ0n) is 15.3. The maximum Gasteiger partial charge on any atom is 0.410 e. The van der Waals surface area contributed by atoms with E-state index in [1.165, 1.54) is 4.90 Å². The third kappa shape index (κ3) is 6.16. The summed E-state index contributed by atoms with van der Waals surface area (Å²) in [5.74, 6) is -0.466. The largest absolute Gasteiger partial charge is 0.445 e. The summed E-state index contributed by atoms with van der Waals surface area (Å²) >= 11 is 5.50. The number of nitrogens with one attached hydrogen (secondary N) is 1. The number of amides is 2. The van der Waals surface area contributed by atoms with Crippen LogP contribution in [0.2, 0.25) is 0 Å². The minimum Gasteiger partial charge on any atom is -0.445 e. The van der Waals surface area contributed by atoms with Crippen molar-refractivity contribution >= 4 is 23.6 Å². The fourth-order valence-electron chi connectivity index (χ4n) is 3.32. The number of piperidine rings is 1. The van der Waals surface area contributed by atoms with Crippen LogP contribution >= 0.6 is 11.6 Å². The Morgan fingerprint density at radius 2 is 1.88 bits per heavy atom. The molecule has 144 valence electrons. The number of nitrogens with zero attached hydrogens (tertiary/aromatic N) is 1. The minimum atomic E-state index is -1.43. The lowest BCUT2D eigenvalue weighted by Gasteiger charge is -2.40. The Bertz CT molecular complexity index is 616. The number of likely N-dealkylation sites (tertiary alicyclic amines) is 1. The van der Waals surface area contributed by atoms with Crippen LogP contribution in [0.25, 0.3) is 0 Å². The summed E-state index contributed by atoms with van der Waals surface area (Å²) in [4.78, 5) is 25.2. The second kappa shape index (κ2) is 8.71. The van der Waals surface area contributed by atoms with Gasteiger partial charge in [0.25, 0.3) is 0 Å². The van der Waals surface area contributed by atoms with Gasteiger partial charge in [-0.05, 0) is 32.3 Å². The number of alkyl halides is 2. The van der Waals surface area contributed by atoms with Gasteiger partial charge in [-0.2, -0.15) is 0 Å². The van der Waals surface area contributed by atoms with Crippen LogP contribution < -0.4 is 5.32 Å². The van der Waals surface area contributed by atoms with Gasteiger partial charge in [-0.3, -0.25) is 4.79 Å². The summed E-state index contributed by atoms with van der Waals surface area (Å²) < 4.78 is 20.4. The first-order valence-electron chi connectivity index (χ1n) is 8.75. The molecule has 1 aliphatic rings. The maximum absolute atomic E-state index is 15.1. The van der Waals surface area contributed by atoms with Crippen molar-refractivity contribution in [2.24, 2.45) is 0 Å². The second-order valence-corrected chi connectivity index (χ2v) is 7.69. The molecular weight excluding hydrogens is 359 g/mol. The van der Waals surface area contributed by atoms with Gasteiger partial charge in [0.15, 0.2) is 0 Å². The van der Waals surface area contributed by atoms with Crippen LogP contribution in [-0.2, 0) is 16.1 Å². The van der Waals surface area contributed by atoms with E-state index in [0.717, 1.165) is 5.56 Å². The van der Waals surface area contributed by atoms with E-state index in [-0.39, 0.29) is 37.7 Å². The average molecular weight is 385 g/mol. The topological polar surface area (TPSA) is 58.6 Å². The molecule has 1 fully saturated rings. The zero-order chi connectivity index (χ0) is 19.2. The smallest absolute Gasteiger partial charge is 0.410 e. The Morgan fingerprint density at radius 3 is 2.46 bits per heavy atom. The molecule has 0 aromatic heterocycles. The summed E-state index contributed by atoms with van der Waals surface area (Å²) in [6, 6.07) is 9.42. The van der Waals surface area contributed by atoms with E-state index >= 15 is 4.39 Å². The van der Waals surface area contributed by atoms with Crippen molar-refractivity contribution < 1.29 is 18.7 Å². The first-order chi connectivity index (χ1) is 12.2.